The van der Waals surface area contributed by atoms with Crippen LogP contribution < -0.4 is 4.90 Å². The molecule has 4 rings (SSSR count). The van der Waals surface area contributed by atoms with E-state index in [0.29, 0.717) is 16.8 Å². The second-order valence-electron chi connectivity index (χ2n) is 6.75. The second kappa shape index (κ2) is 7.41. The lowest BCUT2D eigenvalue weighted by atomic mass is 10.1. The van der Waals surface area contributed by atoms with E-state index in [0.717, 1.165) is 36.3 Å². The summed E-state index contributed by atoms with van der Waals surface area (Å²) in [6.07, 6.45) is 4.48. The summed E-state index contributed by atoms with van der Waals surface area (Å²) in [5, 5.41) is 10.0. The fourth-order valence-electron chi connectivity index (χ4n) is 3.54. The van der Waals surface area contributed by atoms with Crippen LogP contribution in [0.3, 0.4) is 0 Å². The second-order valence-corrected chi connectivity index (χ2v) is 8.94. The van der Waals surface area contributed by atoms with Gasteiger partial charge >= 0.3 is 0 Å². The SMILES string of the molecule is N#Cc1cn(S(=O)(=O)Cc2ccccc2)c2nc(Cl)nc(N3CCCCC3)c12. The Morgan fingerprint density at radius 2 is 1.82 bits per heavy atom. The Morgan fingerprint density at radius 1 is 1.11 bits per heavy atom. The summed E-state index contributed by atoms with van der Waals surface area (Å²) >= 11 is 6.14. The standard InChI is InChI=1S/C19H18ClN5O2S/c20-19-22-17(24-9-5-2-6-10-24)16-15(11-21)12-25(18(16)23-19)28(26,27)13-14-7-3-1-4-8-14/h1,3-4,7-8,12H,2,5-6,9-10,13H2. The van der Waals surface area contributed by atoms with E-state index in [2.05, 4.69) is 16.0 Å². The highest BCUT2D eigenvalue weighted by atomic mass is 35.5. The molecule has 1 aromatic carbocycles. The predicted molar refractivity (Wildman–Crippen MR) is 108 cm³/mol. The van der Waals surface area contributed by atoms with Crippen molar-refractivity contribution in [2.45, 2.75) is 25.0 Å². The minimum Gasteiger partial charge on any atom is -0.356 e. The summed E-state index contributed by atoms with van der Waals surface area (Å²) in [4.78, 5) is 10.6. The molecule has 144 valence electrons. The summed E-state index contributed by atoms with van der Waals surface area (Å²) in [6.45, 7) is 1.57. The average Bonchev–Trinajstić information content (AvgIpc) is 3.08. The summed E-state index contributed by atoms with van der Waals surface area (Å²) in [5.74, 6) is 0.322. The number of nitriles is 1. The molecule has 0 atom stereocenters. The smallest absolute Gasteiger partial charge is 0.244 e. The molecular formula is C19H18ClN5O2S. The highest BCUT2D eigenvalue weighted by Crippen LogP contribution is 2.32. The zero-order valence-corrected chi connectivity index (χ0v) is 16.6. The fraction of sp³-hybridized carbons (Fsp3) is 0.316. The average molecular weight is 416 g/mol. The van der Waals surface area contributed by atoms with Gasteiger partial charge < -0.3 is 4.90 Å². The lowest BCUT2D eigenvalue weighted by Crippen LogP contribution is -2.30. The number of fused-ring (bicyclic) bond motifs is 1. The van der Waals surface area contributed by atoms with Crippen molar-refractivity contribution in [2.75, 3.05) is 18.0 Å². The summed E-state index contributed by atoms with van der Waals surface area (Å²) < 4.78 is 27.2. The molecule has 3 heterocycles. The molecule has 2 aromatic heterocycles. The van der Waals surface area contributed by atoms with Crippen LogP contribution >= 0.6 is 11.6 Å². The molecule has 7 nitrogen and oxygen atoms in total. The van der Waals surface area contributed by atoms with Gasteiger partial charge in [0.25, 0.3) is 0 Å². The Balaban J connectivity index is 1.88. The van der Waals surface area contributed by atoms with Crippen LogP contribution in [0.1, 0.15) is 30.4 Å². The van der Waals surface area contributed by atoms with Crippen LogP contribution in [0.25, 0.3) is 11.0 Å². The molecule has 3 aromatic rings. The highest BCUT2D eigenvalue weighted by Gasteiger charge is 2.26. The minimum absolute atomic E-state index is 0.0353. The van der Waals surface area contributed by atoms with Crippen molar-refractivity contribution in [3.8, 4) is 6.07 Å². The molecule has 1 aliphatic rings. The molecule has 0 bridgehead atoms. The number of rotatable bonds is 4. The number of nitrogens with zero attached hydrogens (tertiary/aromatic N) is 5. The Hall–Kier alpha value is -2.63. The van der Waals surface area contributed by atoms with Gasteiger partial charge in [0, 0.05) is 19.3 Å². The van der Waals surface area contributed by atoms with Crippen LogP contribution in [0.15, 0.2) is 36.5 Å². The lowest BCUT2D eigenvalue weighted by Gasteiger charge is -2.28. The molecule has 0 N–H and O–H groups in total. The van der Waals surface area contributed by atoms with E-state index in [1.165, 1.54) is 6.20 Å². The van der Waals surface area contributed by atoms with Crippen molar-refractivity contribution in [3.05, 3.63) is 52.9 Å². The van der Waals surface area contributed by atoms with E-state index in [1.54, 1.807) is 24.3 Å². The normalized spacial score (nSPS) is 14.9. The Kier molecular flexibility index (Phi) is 4.96. The van der Waals surface area contributed by atoms with Crippen LogP contribution in [0.5, 0.6) is 0 Å². The molecule has 0 radical (unpaired) electrons. The Morgan fingerprint density at radius 3 is 2.50 bits per heavy atom. The summed E-state index contributed by atoms with van der Waals surface area (Å²) in [7, 11) is -3.80. The number of aromatic nitrogens is 3. The molecule has 0 aliphatic carbocycles. The van der Waals surface area contributed by atoms with E-state index >= 15 is 0 Å². The van der Waals surface area contributed by atoms with Gasteiger partial charge in [0.2, 0.25) is 15.3 Å². The maximum absolute atomic E-state index is 13.1. The van der Waals surface area contributed by atoms with Crippen LogP contribution in [-0.2, 0) is 15.8 Å². The molecule has 1 fully saturated rings. The van der Waals surface area contributed by atoms with Gasteiger partial charge in [-0.05, 0) is 36.4 Å². The first-order chi connectivity index (χ1) is 13.5. The molecule has 1 saturated heterocycles. The van der Waals surface area contributed by atoms with Gasteiger partial charge in [-0.3, -0.25) is 0 Å². The number of hydrogen-bond donors (Lipinski definition) is 0. The minimum atomic E-state index is -3.80. The number of halogens is 1. The van der Waals surface area contributed by atoms with Crippen LogP contribution in [0.4, 0.5) is 5.82 Å². The number of piperidine rings is 1. The molecule has 1 aliphatic heterocycles. The first-order valence-electron chi connectivity index (χ1n) is 9.00. The summed E-state index contributed by atoms with van der Waals surface area (Å²) in [5.41, 5.74) is 1.02. The maximum Gasteiger partial charge on any atom is 0.244 e. The zero-order valence-electron chi connectivity index (χ0n) is 15.0. The van der Waals surface area contributed by atoms with Crippen molar-refractivity contribution in [1.29, 1.82) is 5.26 Å². The fourth-order valence-corrected chi connectivity index (χ4v) is 5.12. The van der Waals surface area contributed by atoms with E-state index in [4.69, 9.17) is 11.6 Å². The Bertz CT molecular complexity index is 1160. The van der Waals surface area contributed by atoms with Gasteiger partial charge in [0.15, 0.2) is 5.65 Å². The van der Waals surface area contributed by atoms with Crippen molar-refractivity contribution < 1.29 is 8.42 Å². The predicted octanol–water partition coefficient (Wildman–Crippen LogP) is 3.32. The van der Waals surface area contributed by atoms with Crippen LogP contribution in [0, 0.1) is 11.3 Å². The molecule has 28 heavy (non-hydrogen) atoms. The van der Waals surface area contributed by atoms with Gasteiger partial charge in [-0.1, -0.05) is 30.3 Å². The van der Waals surface area contributed by atoms with Gasteiger partial charge in [-0.2, -0.15) is 15.2 Å². The third kappa shape index (κ3) is 3.43. The third-order valence-electron chi connectivity index (χ3n) is 4.84. The molecular weight excluding hydrogens is 398 g/mol. The van der Waals surface area contributed by atoms with E-state index < -0.39 is 10.0 Å². The van der Waals surface area contributed by atoms with E-state index in [1.807, 2.05) is 11.0 Å². The molecule has 9 heteroatoms. The first kappa shape index (κ1) is 18.7. The van der Waals surface area contributed by atoms with Crippen molar-refractivity contribution >= 4 is 38.5 Å². The van der Waals surface area contributed by atoms with Crippen LogP contribution in [-0.4, -0.2) is 35.4 Å². The third-order valence-corrected chi connectivity index (χ3v) is 6.58. The van der Waals surface area contributed by atoms with Crippen LogP contribution in [0.2, 0.25) is 5.28 Å². The van der Waals surface area contributed by atoms with Crippen molar-refractivity contribution in [1.82, 2.24) is 13.9 Å². The molecule has 0 spiro atoms. The van der Waals surface area contributed by atoms with Crippen molar-refractivity contribution in [3.63, 3.8) is 0 Å². The maximum atomic E-state index is 13.1. The van der Waals surface area contributed by atoms with Gasteiger partial charge in [0.1, 0.15) is 11.9 Å². The first-order valence-corrected chi connectivity index (χ1v) is 11.0. The van der Waals surface area contributed by atoms with Gasteiger partial charge in [-0.25, -0.2) is 12.4 Å². The summed E-state index contributed by atoms with van der Waals surface area (Å²) in [6, 6.07) is 11.0. The molecule has 0 unspecified atom stereocenters. The highest BCUT2D eigenvalue weighted by molar-refractivity contribution is 7.89. The topological polar surface area (TPSA) is 91.9 Å². The van der Waals surface area contributed by atoms with Crippen molar-refractivity contribution in [2.24, 2.45) is 0 Å². The lowest BCUT2D eigenvalue weighted by molar-refractivity contribution is 0.574. The van der Waals surface area contributed by atoms with E-state index in [9.17, 15) is 13.7 Å². The molecule has 0 amide bonds. The Labute approximate surface area is 168 Å². The number of hydrogen-bond acceptors (Lipinski definition) is 6. The largest absolute Gasteiger partial charge is 0.356 e. The zero-order chi connectivity index (χ0) is 19.7. The van der Waals surface area contributed by atoms with E-state index in [-0.39, 0.29) is 22.2 Å². The molecule has 0 saturated carbocycles. The number of benzene rings is 1. The number of anilines is 1. The quantitative estimate of drug-likeness (QED) is 0.607. The van der Waals surface area contributed by atoms with Gasteiger partial charge in [0.05, 0.1) is 16.7 Å². The monoisotopic (exact) mass is 415 g/mol. The van der Waals surface area contributed by atoms with Gasteiger partial charge in [-0.15, -0.1) is 0 Å².